The van der Waals surface area contributed by atoms with Gasteiger partial charge in [0.1, 0.15) is 22.5 Å². The maximum Gasteiger partial charge on any atom is 0.209 e. The fraction of sp³-hybridized carbons (Fsp3) is 0.118. The van der Waals surface area contributed by atoms with Crippen molar-refractivity contribution in [3.63, 3.8) is 0 Å². The minimum atomic E-state index is -3.47. The molecule has 0 radical (unpaired) electrons. The highest BCUT2D eigenvalue weighted by molar-refractivity contribution is 7.88. The Bertz CT molecular complexity index is 2360. The van der Waals surface area contributed by atoms with Crippen molar-refractivity contribution in [1.29, 1.82) is 0 Å². The summed E-state index contributed by atoms with van der Waals surface area (Å²) < 4.78 is 55.6. The maximum absolute atomic E-state index is 15.4. The number of imidazole rings is 1. The number of aromatic amines is 2. The second-order valence-corrected chi connectivity index (χ2v) is 13.0. The number of sulfonamides is 1. The first-order chi connectivity index (χ1) is 22.7. The lowest BCUT2D eigenvalue weighted by Crippen LogP contribution is -2.21. The molecule has 47 heavy (non-hydrogen) atoms. The molecule has 0 aliphatic rings. The first-order valence-electron chi connectivity index (χ1n) is 14.7. The predicted molar refractivity (Wildman–Crippen MR) is 176 cm³/mol. The molecule has 4 N–H and O–H groups in total. The predicted octanol–water partition coefficient (Wildman–Crippen LogP) is 5.85. The lowest BCUT2D eigenvalue weighted by molar-refractivity contribution is 0.586. The van der Waals surface area contributed by atoms with Crippen LogP contribution in [0, 0.1) is 11.6 Å². The minimum absolute atomic E-state index is 0.0813. The van der Waals surface area contributed by atoms with Crippen molar-refractivity contribution in [3.05, 3.63) is 120 Å². The average molecular weight is 651 g/mol. The largest absolute Gasteiger partial charge is 0.337 e. The normalized spacial score (nSPS) is 11.9. The molecule has 3 aromatic carbocycles. The lowest BCUT2D eigenvalue weighted by Gasteiger charge is -2.08. The lowest BCUT2D eigenvalue weighted by atomic mass is 10.0. The van der Waals surface area contributed by atoms with Crippen LogP contribution in [-0.2, 0) is 29.7 Å². The SMILES string of the molecule is CS(=O)(=O)NCc1cc(F)cc(-c2nccc3[nH]c(-c4[nH]nc5c(F)cc(-c6cncc(CNCc7ccccc7)c6)cc45)nc23)c1. The third-order valence-electron chi connectivity index (χ3n) is 7.65. The Morgan fingerprint density at radius 2 is 1.62 bits per heavy atom. The second kappa shape index (κ2) is 12.4. The zero-order valence-electron chi connectivity index (χ0n) is 25.1. The van der Waals surface area contributed by atoms with Crippen molar-refractivity contribution >= 4 is 32.0 Å². The molecule has 0 amide bonds. The Hall–Kier alpha value is -5.37. The minimum Gasteiger partial charge on any atom is -0.337 e. The molecule has 0 bridgehead atoms. The highest BCUT2D eigenvalue weighted by atomic mass is 32.2. The third kappa shape index (κ3) is 6.63. The highest BCUT2D eigenvalue weighted by Crippen LogP contribution is 2.34. The summed E-state index contributed by atoms with van der Waals surface area (Å²) in [6.07, 6.45) is 6.08. The van der Waals surface area contributed by atoms with Gasteiger partial charge >= 0.3 is 0 Å². The molecule has 4 aromatic heterocycles. The van der Waals surface area contributed by atoms with E-state index in [-0.39, 0.29) is 12.1 Å². The van der Waals surface area contributed by atoms with Crippen molar-refractivity contribution in [2.75, 3.05) is 6.26 Å². The first kappa shape index (κ1) is 30.3. The van der Waals surface area contributed by atoms with Gasteiger partial charge in [0.05, 0.1) is 17.5 Å². The average Bonchev–Trinajstić information content (AvgIpc) is 3.69. The topological polar surface area (TPSA) is 141 Å². The molecule has 7 aromatic rings. The van der Waals surface area contributed by atoms with Gasteiger partial charge in [-0.1, -0.05) is 30.3 Å². The molecule has 0 saturated carbocycles. The van der Waals surface area contributed by atoms with Gasteiger partial charge in [-0.05, 0) is 64.7 Å². The Morgan fingerprint density at radius 1 is 0.809 bits per heavy atom. The molecule has 0 unspecified atom stereocenters. The fourth-order valence-corrected chi connectivity index (χ4v) is 5.91. The van der Waals surface area contributed by atoms with Gasteiger partial charge in [-0.25, -0.2) is 26.9 Å². The number of hydrogen-bond donors (Lipinski definition) is 4. The van der Waals surface area contributed by atoms with Crippen LogP contribution in [0.15, 0.2) is 91.4 Å². The Kier molecular flexibility index (Phi) is 8.02. The summed E-state index contributed by atoms with van der Waals surface area (Å²) in [5.41, 5.74) is 6.44. The van der Waals surface area contributed by atoms with E-state index in [0.29, 0.717) is 63.4 Å². The molecule has 7 rings (SSSR count). The van der Waals surface area contributed by atoms with Crippen LogP contribution in [-0.4, -0.2) is 44.8 Å². The van der Waals surface area contributed by atoms with Crippen LogP contribution in [0.4, 0.5) is 8.78 Å². The van der Waals surface area contributed by atoms with Gasteiger partial charge in [-0.15, -0.1) is 0 Å². The van der Waals surface area contributed by atoms with Crippen LogP contribution in [0.25, 0.3) is 55.8 Å². The zero-order chi connectivity index (χ0) is 32.5. The molecular weight excluding hydrogens is 622 g/mol. The summed E-state index contributed by atoms with van der Waals surface area (Å²) in [5, 5.41) is 11.1. The van der Waals surface area contributed by atoms with E-state index < -0.39 is 21.7 Å². The Balaban J connectivity index is 1.21. The second-order valence-electron chi connectivity index (χ2n) is 11.2. The van der Waals surface area contributed by atoms with Gasteiger partial charge in [0.25, 0.3) is 0 Å². The van der Waals surface area contributed by atoms with E-state index in [4.69, 9.17) is 4.98 Å². The highest BCUT2D eigenvalue weighted by Gasteiger charge is 2.19. The van der Waals surface area contributed by atoms with Gasteiger partial charge in [0.2, 0.25) is 10.0 Å². The van der Waals surface area contributed by atoms with Crippen LogP contribution in [0.3, 0.4) is 0 Å². The molecule has 0 spiro atoms. The number of rotatable bonds is 10. The number of halogens is 2. The van der Waals surface area contributed by atoms with Crippen molar-refractivity contribution in [2.24, 2.45) is 0 Å². The monoisotopic (exact) mass is 650 g/mol. The molecule has 236 valence electrons. The van der Waals surface area contributed by atoms with Crippen LogP contribution >= 0.6 is 0 Å². The van der Waals surface area contributed by atoms with Crippen LogP contribution in [0.2, 0.25) is 0 Å². The summed E-state index contributed by atoms with van der Waals surface area (Å²) >= 11 is 0. The van der Waals surface area contributed by atoms with Gasteiger partial charge < -0.3 is 10.3 Å². The number of benzene rings is 3. The standard InChI is InChI=1S/C34H28F2N8O2S/c1-47(45,46)40-18-21-9-24(12-26(35)11-21)30-33-29(7-8-39-30)41-34(42-33)32-27-13-23(14-28(36)31(27)43-44-32)25-10-22(17-38-19-25)16-37-15-20-5-3-2-4-6-20/h2-14,17,19,37,40H,15-16,18H2,1H3,(H,41,42)(H,43,44). The van der Waals surface area contributed by atoms with Gasteiger partial charge in [0, 0.05) is 54.7 Å². The van der Waals surface area contributed by atoms with Gasteiger partial charge in [-0.2, -0.15) is 5.10 Å². The van der Waals surface area contributed by atoms with Gasteiger partial charge in [0.15, 0.2) is 11.6 Å². The van der Waals surface area contributed by atoms with E-state index in [1.165, 1.54) is 23.8 Å². The summed E-state index contributed by atoms with van der Waals surface area (Å²) in [5.74, 6) is -0.655. The number of fused-ring (bicyclic) bond motifs is 2. The molecule has 10 nitrogen and oxygen atoms in total. The molecule has 4 heterocycles. The summed E-state index contributed by atoms with van der Waals surface area (Å²) in [7, 11) is -3.47. The van der Waals surface area contributed by atoms with Crippen molar-refractivity contribution in [2.45, 2.75) is 19.6 Å². The molecule has 0 atom stereocenters. The smallest absolute Gasteiger partial charge is 0.209 e. The number of nitrogens with one attached hydrogen (secondary N) is 4. The number of hydrogen-bond acceptors (Lipinski definition) is 7. The molecule has 0 aliphatic heterocycles. The molecule has 0 fully saturated rings. The zero-order valence-corrected chi connectivity index (χ0v) is 25.9. The fourth-order valence-electron chi connectivity index (χ4n) is 5.48. The van der Waals surface area contributed by atoms with E-state index in [1.54, 1.807) is 30.7 Å². The Labute approximate surface area is 268 Å². The number of nitrogens with zero attached hydrogens (tertiary/aromatic N) is 4. The quantitative estimate of drug-likeness (QED) is 0.146. The number of pyridine rings is 2. The van der Waals surface area contributed by atoms with E-state index >= 15 is 4.39 Å². The number of aromatic nitrogens is 6. The molecule has 0 aliphatic carbocycles. The molecular formula is C34H28F2N8O2S. The third-order valence-corrected chi connectivity index (χ3v) is 8.32. The van der Waals surface area contributed by atoms with Crippen molar-refractivity contribution < 1.29 is 17.2 Å². The van der Waals surface area contributed by atoms with E-state index in [1.807, 2.05) is 30.3 Å². The molecule has 13 heteroatoms. The summed E-state index contributed by atoms with van der Waals surface area (Å²) in [4.78, 5) is 16.9. The van der Waals surface area contributed by atoms with Crippen LogP contribution < -0.4 is 10.0 Å². The summed E-state index contributed by atoms with van der Waals surface area (Å²) in [6, 6.07) is 21.3. The first-order valence-corrected chi connectivity index (χ1v) is 16.6. The number of H-pyrrole nitrogens is 2. The van der Waals surface area contributed by atoms with Crippen molar-refractivity contribution in [3.8, 4) is 33.9 Å². The van der Waals surface area contributed by atoms with E-state index in [2.05, 4.69) is 47.3 Å². The molecule has 0 saturated heterocycles. The van der Waals surface area contributed by atoms with Crippen LogP contribution in [0.1, 0.15) is 16.7 Å². The van der Waals surface area contributed by atoms with E-state index in [9.17, 15) is 12.8 Å². The van der Waals surface area contributed by atoms with E-state index in [0.717, 1.165) is 17.4 Å². The maximum atomic E-state index is 15.4. The van der Waals surface area contributed by atoms with Gasteiger partial charge in [-0.3, -0.25) is 15.1 Å². The Morgan fingerprint density at radius 3 is 2.45 bits per heavy atom. The van der Waals surface area contributed by atoms with Crippen molar-refractivity contribution in [1.82, 2.24) is 40.2 Å². The van der Waals surface area contributed by atoms with Crippen LogP contribution in [0.5, 0.6) is 0 Å². The summed E-state index contributed by atoms with van der Waals surface area (Å²) in [6.45, 7) is 1.22.